The summed E-state index contributed by atoms with van der Waals surface area (Å²) in [5.74, 6) is -0.0314. The minimum Gasteiger partial charge on any atom is -0.378 e. The SMILES string of the molecule is O=C(c1nc2sccn2c1Br)N1CCOCC1. The maximum absolute atomic E-state index is 12.3. The van der Waals surface area contributed by atoms with Crippen molar-refractivity contribution < 1.29 is 9.53 Å². The summed E-state index contributed by atoms with van der Waals surface area (Å²) in [7, 11) is 0. The number of morpholine rings is 1. The summed E-state index contributed by atoms with van der Waals surface area (Å²) in [6, 6.07) is 0. The Morgan fingerprint density at radius 1 is 1.47 bits per heavy atom. The van der Waals surface area contributed by atoms with E-state index in [4.69, 9.17) is 4.74 Å². The highest BCUT2D eigenvalue weighted by Gasteiger charge is 2.24. The van der Waals surface area contributed by atoms with Crippen molar-refractivity contribution in [1.29, 1.82) is 0 Å². The first-order valence-electron chi connectivity index (χ1n) is 5.25. The van der Waals surface area contributed by atoms with E-state index in [-0.39, 0.29) is 5.91 Å². The molecule has 0 unspecified atom stereocenters. The molecule has 0 spiro atoms. The van der Waals surface area contributed by atoms with Crippen LogP contribution in [-0.4, -0.2) is 46.5 Å². The van der Waals surface area contributed by atoms with Gasteiger partial charge in [0.25, 0.3) is 5.91 Å². The Kier molecular flexibility index (Phi) is 2.89. The van der Waals surface area contributed by atoms with Gasteiger partial charge in [0, 0.05) is 24.7 Å². The number of thiazole rings is 1. The summed E-state index contributed by atoms with van der Waals surface area (Å²) in [6.45, 7) is 2.48. The van der Waals surface area contributed by atoms with E-state index in [1.807, 2.05) is 16.0 Å². The third kappa shape index (κ3) is 1.88. The quantitative estimate of drug-likeness (QED) is 0.803. The zero-order chi connectivity index (χ0) is 11.8. The van der Waals surface area contributed by atoms with Crippen LogP contribution in [0.2, 0.25) is 0 Å². The number of amides is 1. The highest BCUT2D eigenvalue weighted by Crippen LogP contribution is 2.23. The molecule has 5 nitrogen and oxygen atoms in total. The maximum atomic E-state index is 12.3. The van der Waals surface area contributed by atoms with Crippen molar-refractivity contribution >= 4 is 38.1 Å². The van der Waals surface area contributed by atoms with Crippen molar-refractivity contribution in [2.24, 2.45) is 0 Å². The van der Waals surface area contributed by atoms with Gasteiger partial charge in [0.2, 0.25) is 0 Å². The predicted octanol–water partition coefficient (Wildman–Crippen LogP) is 1.63. The monoisotopic (exact) mass is 315 g/mol. The Bertz CT molecular complexity index is 559. The average molecular weight is 316 g/mol. The predicted molar refractivity (Wildman–Crippen MR) is 67.5 cm³/mol. The van der Waals surface area contributed by atoms with Crippen LogP contribution < -0.4 is 0 Å². The minimum atomic E-state index is -0.0314. The van der Waals surface area contributed by atoms with Gasteiger partial charge in [-0.15, -0.1) is 11.3 Å². The molecule has 1 aliphatic heterocycles. The lowest BCUT2D eigenvalue weighted by Crippen LogP contribution is -2.41. The number of fused-ring (bicyclic) bond motifs is 1. The molecule has 1 aliphatic rings. The fourth-order valence-corrected chi connectivity index (χ4v) is 3.19. The molecule has 17 heavy (non-hydrogen) atoms. The molecular weight excluding hydrogens is 306 g/mol. The largest absolute Gasteiger partial charge is 0.378 e. The molecule has 0 saturated carbocycles. The Balaban J connectivity index is 1.94. The van der Waals surface area contributed by atoms with Crippen LogP contribution in [0.1, 0.15) is 10.5 Å². The highest BCUT2D eigenvalue weighted by atomic mass is 79.9. The van der Waals surface area contributed by atoms with E-state index in [2.05, 4.69) is 20.9 Å². The number of rotatable bonds is 1. The number of carbonyl (C=O) groups is 1. The molecule has 0 atom stereocenters. The van der Waals surface area contributed by atoms with Crippen molar-refractivity contribution in [3.8, 4) is 0 Å². The van der Waals surface area contributed by atoms with Gasteiger partial charge < -0.3 is 9.64 Å². The van der Waals surface area contributed by atoms with E-state index in [1.165, 1.54) is 11.3 Å². The second kappa shape index (κ2) is 4.40. The molecule has 1 fully saturated rings. The molecule has 0 aliphatic carbocycles. The maximum Gasteiger partial charge on any atom is 0.275 e. The van der Waals surface area contributed by atoms with Crippen LogP contribution in [0.25, 0.3) is 4.96 Å². The summed E-state index contributed by atoms with van der Waals surface area (Å²) in [6.07, 6.45) is 1.90. The molecular formula is C10H10BrN3O2S. The van der Waals surface area contributed by atoms with Crippen LogP contribution in [0, 0.1) is 0 Å². The van der Waals surface area contributed by atoms with Gasteiger partial charge in [-0.25, -0.2) is 4.98 Å². The normalized spacial score (nSPS) is 16.6. The molecule has 0 N–H and O–H groups in total. The summed E-state index contributed by atoms with van der Waals surface area (Å²) in [5, 5.41) is 1.94. The number of hydrogen-bond donors (Lipinski definition) is 0. The van der Waals surface area contributed by atoms with Gasteiger partial charge in [0.1, 0.15) is 4.60 Å². The summed E-state index contributed by atoms with van der Waals surface area (Å²) in [4.78, 5) is 19.2. The Hall–Kier alpha value is -0.920. The number of nitrogens with zero attached hydrogens (tertiary/aromatic N) is 3. The molecule has 3 rings (SSSR count). The summed E-state index contributed by atoms with van der Waals surface area (Å²) >= 11 is 4.94. The lowest BCUT2D eigenvalue weighted by Gasteiger charge is -2.26. The Morgan fingerprint density at radius 3 is 2.94 bits per heavy atom. The third-order valence-electron chi connectivity index (χ3n) is 2.70. The molecule has 2 aromatic rings. The summed E-state index contributed by atoms with van der Waals surface area (Å²) < 4.78 is 7.83. The van der Waals surface area contributed by atoms with Crippen molar-refractivity contribution in [1.82, 2.24) is 14.3 Å². The van der Waals surface area contributed by atoms with Gasteiger partial charge >= 0.3 is 0 Å². The zero-order valence-electron chi connectivity index (χ0n) is 8.93. The first-order chi connectivity index (χ1) is 8.27. The fraction of sp³-hybridized carbons (Fsp3) is 0.400. The number of hydrogen-bond acceptors (Lipinski definition) is 4. The van der Waals surface area contributed by atoms with Crippen LogP contribution in [0.5, 0.6) is 0 Å². The van der Waals surface area contributed by atoms with Crippen LogP contribution in [0.15, 0.2) is 16.2 Å². The number of aromatic nitrogens is 2. The molecule has 0 radical (unpaired) electrons. The number of ether oxygens (including phenoxy) is 1. The van der Waals surface area contributed by atoms with Crippen LogP contribution >= 0.6 is 27.3 Å². The van der Waals surface area contributed by atoms with Crippen molar-refractivity contribution in [2.45, 2.75) is 0 Å². The van der Waals surface area contributed by atoms with E-state index in [1.54, 1.807) is 4.90 Å². The van der Waals surface area contributed by atoms with E-state index in [0.29, 0.717) is 32.0 Å². The molecule has 1 saturated heterocycles. The van der Waals surface area contributed by atoms with Gasteiger partial charge in [0.05, 0.1) is 13.2 Å². The standard InChI is InChI=1S/C10H10BrN3O2S/c11-8-7(12-10-14(8)3-6-17-10)9(15)13-1-4-16-5-2-13/h3,6H,1-2,4-5H2. The second-order valence-electron chi connectivity index (χ2n) is 3.71. The number of imidazole rings is 1. The van der Waals surface area contributed by atoms with E-state index in [9.17, 15) is 4.79 Å². The molecule has 0 aromatic carbocycles. The zero-order valence-corrected chi connectivity index (χ0v) is 11.3. The smallest absolute Gasteiger partial charge is 0.275 e. The Morgan fingerprint density at radius 2 is 2.24 bits per heavy atom. The fourth-order valence-electron chi connectivity index (χ4n) is 1.81. The average Bonchev–Trinajstić information content (AvgIpc) is 2.93. The lowest BCUT2D eigenvalue weighted by molar-refractivity contribution is 0.0299. The molecule has 1 amide bonds. The Labute approximate surface area is 110 Å². The molecule has 0 bridgehead atoms. The first kappa shape index (κ1) is 11.2. The van der Waals surface area contributed by atoms with Gasteiger partial charge in [0.15, 0.2) is 10.7 Å². The summed E-state index contributed by atoms with van der Waals surface area (Å²) in [5.41, 5.74) is 0.485. The van der Waals surface area contributed by atoms with Crippen molar-refractivity contribution in [3.63, 3.8) is 0 Å². The topological polar surface area (TPSA) is 46.8 Å². The number of carbonyl (C=O) groups excluding carboxylic acids is 1. The molecule has 3 heterocycles. The lowest BCUT2D eigenvalue weighted by atomic mass is 10.3. The van der Waals surface area contributed by atoms with Gasteiger partial charge in [-0.05, 0) is 15.9 Å². The van der Waals surface area contributed by atoms with Crippen molar-refractivity contribution in [2.75, 3.05) is 26.3 Å². The van der Waals surface area contributed by atoms with Gasteiger partial charge in [-0.1, -0.05) is 0 Å². The van der Waals surface area contributed by atoms with Gasteiger partial charge in [-0.3, -0.25) is 9.20 Å². The van der Waals surface area contributed by atoms with E-state index in [0.717, 1.165) is 9.56 Å². The van der Waals surface area contributed by atoms with Crippen molar-refractivity contribution in [3.05, 3.63) is 21.9 Å². The highest BCUT2D eigenvalue weighted by molar-refractivity contribution is 9.10. The molecule has 7 heteroatoms. The van der Waals surface area contributed by atoms with Crippen LogP contribution in [0.3, 0.4) is 0 Å². The minimum absolute atomic E-state index is 0.0314. The van der Waals surface area contributed by atoms with Gasteiger partial charge in [-0.2, -0.15) is 0 Å². The van der Waals surface area contributed by atoms with E-state index < -0.39 is 0 Å². The second-order valence-corrected chi connectivity index (χ2v) is 5.34. The molecule has 2 aromatic heterocycles. The van der Waals surface area contributed by atoms with E-state index >= 15 is 0 Å². The third-order valence-corrected chi connectivity index (χ3v) is 4.22. The molecule has 90 valence electrons. The van der Waals surface area contributed by atoms with Crippen LogP contribution in [-0.2, 0) is 4.74 Å². The number of halogens is 1. The first-order valence-corrected chi connectivity index (χ1v) is 6.92. The van der Waals surface area contributed by atoms with Crippen LogP contribution in [0.4, 0.5) is 0 Å².